The fourth-order valence-corrected chi connectivity index (χ4v) is 3.48. The van der Waals surface area contributed by atoms with Crippen molar-refractivity contribution in [3.8, 4) is 0 Å². The van der Waals surface area contributed by atoms with Crippen molar-refractivity contribution in [1.29, 1.82) is 0 Å². The predicted octanol–water partition coefficient (Wildman–Crippen LogP) is 2.90. The molecule has 0 saturated carbocycles. The Morgan fingerprint density at radius 1 is 1.20 bits per heavy atom. The van der Waals surface area contributed by atoms with E-state index in [1.807, 2.05) is 19.1 Å². The molecule has 0 spiro atoms. The maximum absolute atomic E-state index is 13.7. The summed E-state index contributed by atoms with van der Waals surface area (Å²) >= 11 is 0. The second kappa shape index (κ2) is 10.7. The summed E-state index contributed by atoms with van der Waals surface area (Å²) in [5.41, 5.74) is 2.44. The van der Waals surface area contributed by atoms with E-state index < -0.39 is 11.7 Å². The molecule has 2 N–H and O–H groups in total. The second-order valence-corrected chi connectivity index (χ2v) is 7.13. The number of ether oxygens (including phenoxy) is 1. The molecule has 0 radical (unpaired) electrons. The Hall–Kier alpha value is -2.93. The summed E-state index contributed by atoms with van der Waals surface area (Å²) in [5, 5.41) is 6.04. The second-order valence-electron chi connectivity index (χ2n) is 7.13. The summed E-state index contributed by atoms with van der Waals surface area (Å²) in [4.78, 5) is 19.0. The van der Waals surface area contributed by atoms with Crippen molar-refractivity contribution in [2.24, 2.45) is 4.99 Å². The van der Waals surface area contributed by atoms with Crippen LogP contribution in [0.15, 0.2) is 53.5 Å². The smallest absolute Gasteiger partial charge is 0.254 e. The van der Waals surface area contributed by atoms with Gasteiger partial charge in [-0.05, 0) is 37.1 Å². The van der Waals surface area contributed by atoms with Gasteiger partial charge in [0.05, 0.1) is 25.3 Å². The van der Waals surface area contributed by atoms with Gasteiger partial charge in [-0.3, -0.25) is 9.79 Å². The molecule has 1 fully saturated rings. The van der Waals surface area contributed by atoms with E-state index in [0.717, 1.165) is 19.0 Å². The van der Waals surface area contributed by atoms with Gasteiger partial charge in [0.25, 0.3) is 5.91 Å². The molecule has 7 heteroatoms. The number of rotatable bonds is 6. The van der Waals surface area contributed by atoms with Gasteiger partial charge < -0.3 is 20.3 Å². The third-order valence-electron chi connectivity index (χ3n) is 5.01. The molecule has 1 saturated heterocycles. The first-order valence-electron chi connectivity index (χ1n) is 10.3. The molecule has 1 amide bonds. The van der Waals surface area contributed by atoms with Gasteiger partial charge in [0.1, 0.15) is 11.9 Å². The minimum Gasteiger partial charge on any atom is -0.370 e. The molecule has 1 unspecified atom stereocenters. The van der Waals surface area contributed by atoms with Crippen LogP contribution in [-0.4, -0.2) is 56.1 Å². The van der Waals surface area contributed by atoms with E-state index in [2.05, 4.69) is 39.6 Å². The minimum atomic E-state index is -0.526. The van der Waals surface area contributed by atoms with Gasteiger partial charge in [0.2, 0.25) is 0 Å². The number of nitrogens with one attached hydrogen (secondary N) is 2. The van der Waals surface area contributed by atoms with Gasteiger partial charge in [0, 0.05) is 19.6 Å². The maximum Gasteiger partial charge on any atom is 0.254 e. The Kier molecular flexibility index (Phi) is 7.79. The predicted molar refractivity (Wildman–Crippen MR) is 116 cm³/mol. The number of aryl methyl sites for hydroxylation is 1. The molecule has 0 bridgehead atoms. The normalized spacial score (nSPS) is 17.0. The van der Waals surface area contributed by atoms with Crippen molar-refractivity contribution in [3.05, 3.63) is 71.0 Å². The van der Waals surface area contributed by atoms with E-state index in [-0.39, 0.29) is 11.7 Å². The molecule has 3 rings (SSSR count). The summed E-state index contributed by atoms with van der Waals surface area (Å²) in [7, 11) is 0. The van der Waals surface area contributed by atoms with Crippen LogP contribution < -0.4 is 10.6 Å². The fourth-order valence-electron chi connectivity index (χ4n) is 3.48. The van der Waals surface area contributed by atoms with Gasteiger partial charge in [-0.15, -0.1) is 0 Å². The largest absolute Gasteiger partial charge is 0.370 e. The molecule has 1 atom stereocenters. The third kappa shape index (κ3) is 5.57. The van der Waals surface area contributed by atoms with Crippen molar-refractivity contribution in [3.63, 3.8) is 0 Å². The molecular formula is C23H29FN4O2. The standard InChI is InChI=1S/C23H29FN4O2/c1-3-25-23(27-13-12-26-22(29)19-10-6-7-11-20(19)24)28-14-15-30-21(16-28)18-9-5-4-8-17(18)2/h4-11,21H,3,12-16H2,1-2H3,(H,25,27)(H,26,29). The Balaban J connectivity index is 1.59. The number of carbonyl (C=O) groups excluding carboxylic acids is 1. The molecule has 1 aliphatic rings. The lowest BCUT2D eigenvalue weighted by Crippen LogP contribution is -2.48. The Morgan fingerprint density at radius 2 is 1.97 bits per heavy atom. The van der Waals surface area contributed by atoms with Crippen molar-refractivity contribution < 1.29 is 13.9 Å². The number of carbonyl (C=O) groups is 1. The van der Waals surface area contributed by atoms with Crippen molar-refractivity contribution in [2.45, 2.75) is 20.0 Å². The number of halogens is 1. The summed E-state index contributed by atoms with van der Waals surface area (Å²) in [6, 6.07) is 14.2. The number of nitrogens with zero attached hydrogens (tertiary/aromatic N) is 2. The molecule has 160 valence electrons. The highest BCUT2D eigenvalue weighted by atomic mass is 19.1. The summed E-state index contributed by atoms with van der Waals surface area (Å²) in [5.74, 6) is -0.166. The highest BCUT2D eigenvalue weighted by Crippen LogP contribution is 2.24. The van der Waals surface area contributed by atoms with Crippen LogP contribution in [0.5, 0.6) is 0 Å². The van der Waals surface area contributed by atoms with E-state index >= 15 is 0 Å². The number of guanidine groups is 1. The third-order valence-corrected chi connectivity index (χ3v) is 5.01. The van der Waals surface area contributed by atoms with E-state index in [0.29, 0.717) is 26.2 Å². The molecule has 0 aromatic heterocycles. The maximum atomic E-state index is 13.7. The molecule has 2 aromatic rings. The molecule has 6 nitrogen and oxygen atoms in total. The lowest BCUT2D eigenvalue weighted by atomic mass is 10.0. The first kappa shape index (κ1) is 21.8. The fraction of sp³-hybridized carbons (Fsp3) is 0.391. The summed E-state index contributed by atoms with van der Waals surface area (Å²) in [6.07, 6.45) is -0.00966. The topological polar surface area (TPSA) is 66.0 Å². The van der Waals surface area contributed by atoms with E-state index in [1.54, 1.807) is 12.1 Å². The monoisotopic (exact) mass is 412 g/mol. The molecular weight excluding hydrogens is 383 g/mol. The number of morpholine rings is 1. The van der Waals surface area contributed by atoms with Crippen LogP contribution in [0.1, 0.15) is 34.5 Å². The van der Waals surface area contributed by atoms with Crippen molar-refractivity contribution in [2.75, 3.05) is 39.3 Å². The molecule has 1 aliphatic heterocycles. The van der Waals surface area contributed by atoms with Crippen LogP contribution in [0.3, 0.4) is 0 Å². The Labute approximate surface area is 177 Å². The zero-order valence-corrected chi connectivity index (χ0v) is 17.5. The van der Waals surface area contributed by atoms with Crippen LogP contribution in [-0.2, 0) is 4.74 Å². The van der Waals surface area contributed by atoms with Gasteiger partial charge >= 0.3 is 0 Å². The van der Waals surface area contributed by atoms with Gasteiger partial charge in [-0.1, -0.05) is 36.4 Å². The molecule has 30 heavy (non-hydrogen) atoms. The van der Waals surface area contributed by atoms with Gasteiger partial charge in [-0.25, -0.2) is 4.39 Å². The average molecular weight is 413 g/mol. The van der Waals surface area contributed by atoms with E-state index in [1.165, 1.54) is 23.3 Å². The number of aliphatic imine (C=N–C) groups is 1. The molecule has 1 heterocycles. The van der Waals surface area contributed by atoms with Crippen LogP contribution in [0.4, 0.5) is 4.39 Å². The van der Waals surface area contributed by atoms with E-state index in [9.17, 15) is 9.18 Å². The Morgan fingerprint density at radius 3 is 2.73 bits per heavy atom. The number of amides is 1. The first-order chi connectivity index (χ1) is 14.6. The summed E-state index contributed by atoms with van der Waals surface area (Å²) < 4.78 is 19.7. The molecule has 2 aromatic carbocycles. The highest BCUT2D eigenvalue weighted by Gasteiger charge is 2.25. The lowest BCUT2D eigenvalue weighted by molar-refractivity contribution is -0.00832. The Bertz CT molecular complexity index is 887. The lowest BCUT2D eigenvalue weighted by Gasteiger charge is -2.35. The number of benzene rings is 2. The van der Waals surface area contributed by atoms with Crippen LogP contribution >= 0.6 is 0 Å². The van der Waals surface area contributed by atoms with Crippen LogP contribution in [0, 0.1) is 12.7 Å². The zero-order chi connectivity index (χ0) is 21.3. The van der Waals surface area contributed by atoms with E-state index in [4.69, 9.17) is 4.74 Å². The quantitative estimate of drug-likeness (QED) is 0.435. The number of hydrogen-bond acceptors (Lipinski definition) is 3. The zero-order valence-electron chi connectivity index (χ0n) is 17.5. The molecule has 0 aliphatic carbocycles. The number of hydrogen-bond donors (Lipinski definition) is 2. The minimum absolute atomic E-state index is 0.00966. The highest BCUT2D eigenvalue weighted by molar-refractivity contribution is 5.94. The van der Waals surface area contributed by atoms with Gasteiger partial charge in [0.15, 0.2) is 5.96 Å². The average Bonchev–Trinajstić information content (AvgIpc) is 2.76. The van der Waals surface area contributed by atoms with Crippen LogP contribution in [0.2, 0.25) is 0 Å². The first-order valence-corrected chi connectivity index (χ1v) is 10.3. The van der Waals surface area contributed by atoms with Crippen molar-refractivity contribution in [1.82, 2.24) is 15.5 Å². The van der Waals surface area contributed by atoms with Crippen LogP contribution in [0.25, 0.3) is 0 Å². The van der Waals surface area contributed by atoms with Gasteiger partial charge in [-0.2, -0.15) is 0 Å². The SMILES string of the molecule is CCNC(=NCCNC(=O)c1ccccc1F)N1CCOC(c2ccccc2C)C1. The van der Waals surface area contributed by atoms with Crippen molar-refractivity contribution >= 4 is 11.9 Å². The summed E-state index contributed by atoms with van der Waals surface area (Å²) in [6.45, 7) is 7.65.